The second-order valence-corrected chi connectivity index (χ2v) is 9.55. The molecule has 0 saturated carbocycles. The highest BCUT2D eigenvalue weighted by atomic mass is 32.2. The van der Waals surface area contributed by atoms with Crippen LogP contribution in [0.2, 0.25) is 0 Å². The van der Waals surface area contributed by atoms with E-state index in [-0.39, 0.29) is 11.1 Å². The molecule has 1 atom stereocenters. The summed E-state index contributed by atoms with van der Waals surface area (Å²) in [6.07, 6.45) is 4.41. The average Bonchev–Trinajstić information content (AvgIpc) is 3.46. The molecule has 0 amide bonds. The molecule has 31 heavy (non-hydrogen) atoms. The molecule has 0 bridgehead atoms. The highest BCUT2D eigenvalue weighted by Gasteiger charge is 2.29. The Morgan fingerprint density at radius 2 is 2.10 bits per heavy atom. The van der Waals surface area contributed by atoms with Gasteiger partial charge in [-0.1, -0.05) is 0 Å². The van der Waals surface area contributed by atoms with Gasteiger partial charge in [0.1, 0.15) is 5.82 Å². The Bertz CT molecular complexity index is 1360. The van der Waals surface area contributed by atoms with Crippen molar-refractivity contribution in [1.29, 1.82) is 0 Å². The van der Waals surface area contributed by atoms with Gasteiger partial charge in [0.05, 0.1) is 36.5 Å². The molecule has 5 rings (SSSR count). The van der Waals surface area contributed by atoms with Gasteiger partial charge in [0.25, 0.3) is 0 Å². The zero-order chi connectivity index (χ0) is 21.8. The van der Waals surface area contributed by atoms with Crippen molar-refractivity contribution in [1.82, 2.24) is 34.7 Å². The summed E-state index contributed by atoms with van der Waals surface area (Å²) < 4.78 is 34.2. The van der Waals surface area contributed by atoms with Gasteiger partial charge in [-0.3, -0.25) is 9.78 Å². The number of hydrogen-bond donors (Lipinski definition) is 1. The number of hydrogen-bond acceptors (Lipinski definition) is 8. The van der Waals surface area contributed by atoms with Crippen LogP contribution >= 0.6 is 0 Å². The fraction of sp³-hybridized carbons (Fsp3) is 0.368. The van der Waals surface area contributed by atoms with E-state index >= 15 is 0 Å². The summed E-state index contributed by atoms with van der Waals surface area (Å²) in [5.74, 6) is 1.25. The number of aryl methyl sites for hydroxylation is 1. The van der Waals surface area contributed by atoms with Gasteiger partial charge < -0.3 is 9.64 Å². The minimum Gasteiger partial charge on any atom is -0.377 e. The third-order valence-corrected chi connectivity index (χ3v) is 6.40. The number of nitrogens with one attached hydrogen (secondary N) is 1. The van der Waals surface area contributed by atoms with Gasteiger partial charge in [0, 0.05) is 37.7 Å². The summed E-state index contributed by atoms with van der Waals surface area (Å²) in [5, 5.41) is 15.9. The molecule has 1 N–H and O–H groups in total. The zero-order valence-corrected chi connectivity index (χ0v) is 18.2. The Morgan fingerprint density at radius 1 is 1.26 bits per heavy atom. The van der Waals surface area contributed by atoms with E-state index in [1.807, 2.05) is 19.2 Å². The van der Waals surface area contributed by atoms with Crippen LogP contribution in [0.4, 0.5) is 5.82 Å². The maximum Gasteiger partial charge on any atom is 0.195 e. The Morgan fingerprint density at radius 3 is 2.74 bits per heavy atom. The van der Waals surface area contributed by atoms with E-state index in [1.165, 1.54) is 4.68 Å². The van der Waals surface area contributed by atoms with E-state index < -0.39 is 9.84 Å². The maximum absolute atomic E-state index is 12.7. The number of fused-ring (bicyclic) bond motifs is 1. The zero-order valence-electron chi connectivity index (χ0n) is 17.3. The van der Waals surface area contributed by atoms with Crippen LogP contribution in [0, 0.1) is 0 Å². The second-order valence-electron chi connectivity index (χ2n) is 7.62. The third kappa shape index (κ3) is 3.27. The molecule has 1 saturated heterocycles. The molecule has 0 radical (unpaired) electrons. The first-order valence-electron chi connectivity index (χ1n) is 9.81. The number of rotatable bonds is 4. The van der Waals surface area contributed by atoms with Crippen LogP contribution in [0.1, 0.15) is 6.92 Å². The van der Waals surface area contributed by atoms with Crippen molar-refractivity contribution >= 4 is 26.7 Å². The summed E-state index contributed by atoms with van der Waals surface area (Å²) in [7, 11) is -1.83. The molecule has 1 aliphatic rings. The fourth-order valence-corrected chi connectivity index (χ4v) is 4.72. The van der Waals surface area contributed by atoms with Crippen molar-refractivity contribution in [2.24, 2.45) is 7.05 Å². The number of sulfone groups is 1. The molecule has 0 unspecified atom stereocenters. The Labute approximate surface area is 178 Å². The summed E-state index contributed by atoms with van der Waals surface area (Å²) in [6.45, 7) is 3.94. The van der Waals surface area contributed by atoms with Gasteiger partial charge in [0.2, 0.25) is 0 Å². The van der Waals surface area contributed by atoms with Gasteiger partial charge in [-0.25, -0.2) is 13.4 Å². The van der Waals surface area contributed by atoms with Crippen molar-refractivity contribution < 1.29 is 13.2 Å². The highest BCUT2D eigenvalue weighted by molar-refractivity contribution is 7.90. The molecule has 11 nitrogen and oxygen atoms in total. The molecular formula is C19H22N8O3S. The Hall–Kier alpha value is -3.25. The maximum atomic E-state index is 12.7. The van der Waals surface area contributed by atoms with Crippen LogP contribution in [-0.4, -0.2) is 75.2 Å². The van der Waals surface area contributed by atoms with Gasteiger partial charge in [0.15, 0.2) is 26.3 Å². The first-order chi connectivity index (χ1) is 14.8. The number of aromatic amines is 1. The Balaban J connectivity index is 1.88. The lowest BCUT2D eigenvalue weighted by molar-refractivity contribution is 0.0985. The van der Waals surface area contributed by atoms with E-state index in [0.29, 0.717) is 42.2 Å². The molecule has 162 valence electrons. The van der Waals surface area contributed by atoms with Crippen molar-refractivity contribution in [3.63, 3.8) is 0 Å². The summed E-state index contributed by atoms with van der Waals surface area (Å²) in [6, 6.07) is 5.60. The van der Waals surface area contributed by atoms with Gasteiger partial charge in [-0.05, 0) is 19.1 Å². The van der Waals surface area contributed by atoms with Crippen molar-refractivity contribution in [2.75, 3.05) is 30.9 Å². The van der Waals surface area contributed by atoms with Gasteiger partial charge in [-0.2, -0.15) is 20.0 Å². The van der Waals surface area contributed by atoms with Crippen LogP contribution in [0.15, 0.2) is 35.6 Å². The fourth-order valence-electron chi connectivity index (χ4n) is 3.92. The molecule has 5 heterocycles. The van der Waals surface area contributed by atoms with E-state index in [4.69, 9.17) is 9.72 Å². The lowest BCUT2D eigenvalue weighted by atomic mass is 10.1. The van der Waals surface area contributed by atoms with Crippen LogP contribution in [0.3, 0.4) is 0 Å². The smallest absolute Gasteiger partial charge is 0.195 e. The predicted octanol–water partition coefficient (Wildman–Crippen LogP) is 1.17. The summed E-state index contributed by atoms with van der Waals surface area (Å²) in [4.78, 5) is 7.03. The second kappa shape index (κ2) is 7.17. The van der Waals surface area contributed by atoms with E-state index in [0.717, 1.165) is 17.8 Å². The Kier molecular flexibility index (Phi) is 4.55. The van der Waals surface area contributed by atoms with Crippen LogP contribution in [-0.2, 0) is 21.6 Å². The quantitative estimate of drug-likeness (QED) is 0.500. The van der Waals surface area contributed by atoms with Crippen molar-refractivity contribution in [2.45, 2.75) is 18.0 Å². The third-order valence-electron chi connectivity index (χ3n) is 5.42. The topological polar surface area (TPSA) is 124 Å². The minimum atomic E-state index is -3.64. The van der Waals surface area contributed by atoms with Crippen LogP contribution in [0.25, 0.3) is 28.1 Å². The van der Waals surface area contributed by atoms with E-state index in [9.17, 15) is 8.42 Å². The molecule has 4 aromatic heterocycles. The lowest BCUT2D eigenvalue weighted by Crippen LogP contribution is -2.44. The number of pyridine rings is 1. The minimum absolute atomic E-state index is 0.0395. The normalized spacial score (nSPS) is 17.5. The molecule has 4 aromatic rings. The first-order valence-corrected chi connectivity index (χ1v) is 11.7. The van der Waals surface area contributed by atoms with E-state index in [2.05, 4.69) is 32.2 Å². The number of ether oxygens (including phenoxy) is 1. The molecule has 1 fully saturated rings. The number of anilines is 1. The van der Waals surface area contributed by atoms with Crippen LogP contribution in [0.5, 0.6) is 0 Å². The summed E-state index contributed by atoms with van der Waals surface area (Å²) >= 11 is 0. The molecule has 0 aromatic carbocycles. The first kappa shape index (κ1) is 19.7. The molecule has 0 spiro atoms. The van der Waals surface area contributed by atoms with E-state index in [1.54, 1.807) is 23.1 Å². The number of nitrogens with zero attached hydrogens (tertiary/aromatic N) is 7. The summed E-state index contributed by atoms with van der Waals surface area (Å²) in [5.41, 5.74) is 1.89. The predicted molar refractivity (Wildman–Crippen MR) is 114 cm³/mol. The molecule has 0 aliphatic carbocycles. The van der Waals surface area contributed by atoms with Gasteiger partial charge in [-0.15, -0.1) is 0 Å². The monoisotopic (exact) mass is 442 g/mol. The van der Waals surface area contributed by atoms with Gasteiger partial charge >= 0.3 is 0 Å². The number of morpholine rings is 1. The lowest BCUT2D eigenvalue weighted by Gasteiger charge is -2.34. The molecular weight excluding hydrogens is 420 g/mol. The number of aromatic nitrogens is 7. The average molecular weight is 443 g/mol. The standard InChI is InChI=1S/C19H22N8O3S/c1-12-11-30-9-8-26(12)16-10-13(14-4-7-21-25(14)2)17-18(22-16)27(15-5-6-20-23-15)24-19(17)31(3,28)29/h4-7,10,12H,8-9,11H2,1-3H3,(H,20,23)/t12-/m1/s1. The molecule has 1 aliphatic heterocycles. The largest absolute Gasteiger partial charge is 0.377 e. The highest BCUT2D eigenvalue weighted by Crippen LogP contribution is 2.36. The van der Waals surface area contributed by atoms with Crippen molar-refractivity contribution in [3.8, 4) is 17.1 Å². The SMILES string of the molecule is C[C@@H]1COCCN1c1cc(-c2ccnn2C)c2c(S(C)(=O)=O)nn(-c3ccn[nH]3)c2n1. The van der Waals surface area contributed by atoms with Crippen LogP contribution < -0.4 is 4.90 Å². The number of H-pyrrole nitrogens is 1. The van der Waals surface area contributed by atoms with Crippen molar-refractivity contribution in [3.05, 3.63) is 30.6 Å². The molecule has 12 heteroatoms.